The number of aryl methyl sites for hydroxylation is 1. The maximum Gasteiger partial charge on any atom is 0.321 e. The number of urea groups is 1. The van der Waals surface area contributed by atoms with Crippen molar-refractivity contribution in [1.82, 2.24) is 9.80 Å². The molecule has 1 aliphatic heterocycles. The lowest BCUT2D eigenvalue weighted by molar-refractivity contribution is -0.131. The van der Waals surface area contributed by atoms with Crippen LogP contribution in [0.3, 0.4) is 0 Å². The molecule has 154 valence electrons. The monoisotopic (exact) mass is 453 g/mol. The van der Waals surface area contributed by atoms with Gasteiger partial charge in [-0.3, -0.25) is 4.79 Å². The first kappa shape index (κ1) is 21.8. The van der Waals surface area contributed by atoms with Gasteiger partial charge in [-0.1, -0.05) is 53.0 Å². The zero-order valence-corrected chi connectivity index (χ0v) is 18.1. The number of rotatable bonds is 4. The normalized spacial score (nSPS) is 14.4. The van der Waals surface area contributed by atoms with E-state index in [2.05, 4.69) is 5.32 Å². The molecule has 1 fully saturated rings. The highest BCUT2D eigenvalue weighted by atomic mass is 35.5. The van der Waals surface area contributed by atoms with E-state index in [1.807, 2.05) is 17.0 Å². The molecule has 1 saturated heterocycles. The number of carbonyl (C=O) groups excluding carboxylic acids is 2. The third-order valence-electron chi connectivity index (χ3n) is 4.85. The van der Waals surface area contributed by atoms with Gasteiger partial charge in [0.25, 0.3) is 0 Å². The molecular weight excluding hydrogens is 433 g/mol. The molecule has 8 heteroatoms. The Hall–Kier alpha value is -1.95. The van der Waals surface area contributed by atoms with Gasteiger partial charge in [0.2, 0.25) is 5.91 Å². The number of nitrogens with zero attached hydrogens (tertiary/aromatic N) is 2. The lowest BCUT2D eigenvalue weighted by atomic mass is 10.1. The second-order valence-electron chi connectivity index (χ2n) is 6.87. The van der Waals surface area contributed by atoms with E-state index in [1.165, 1.54) is 0 Å². The highest BCUT2D eigenvalue weighted by Gasteiger charge is 2.22. The summed E-state index contributed by atoms with van der Waals surface area (Å²) in [7, 11) is 0. The van der Waals surface area contributed by atoms with Gasteiger partial charge in [-0.2, -0.15) is 0 Å². The molecule has 5 nitrogen and oxygen atoms in total. The van der Waals surface area contributed by atoms with E-state index in [9.17, 15) is 9.59 Å². The molecule has 0 aliphatic carbocycles. The standard InChI is InChI=1S/C21H22Cl3N3O2/c22-16-5-2-6-17(14-16)25-21(29)27-11-3-10-26(12-13-27)19(28)9-8-15-4-1-7-18(23)20(15)24/h1-2,4-7,14H,3,8-13H2,(H,25,29). The van der Waals surface area contributed by atoms with Crippen LogP contribution in [-0.2, 0) is 11.2 Å². The van der Waals surface area contributed by atoms with Crippen molar-refractivity contribution >= 4 is 52.4 Å². The van der Waals surface area contributed by atoms with Crippen LogP contribution in [0.2, 0.25) is 15.1 Å². The molecule has 1 aliphatic rings. The van der Waals surface area contributed by atoms with Gasteiger partial charge in [-0.25, -0.2) is 4.79 Å². The van der Waals surface area contributed by atoms with E-state index >= 15 is 0 Å². The number of amides is 3. The lowest BCUT2D eigenvalue weighted by Gasteiger charge is -2.22. The van der Waals surface area contributed by atoms with E-state index < -0.39 is 0 Å². The summed E-state index contributed by atoms with van der Waals surface area (Å²) in [5.74, 6) is 0.0538. The van der Waals surface area contributed by atoms with Gasteiger partial charge in [-0.05, 0) is 42.7 Å². The molecule has 0 bridgehead atoms. The van der Waals surface area contributed by atoms with Crippen molar-refractivity contribution in [2.45, 2.75) is 19.3 Å². The van der Waals surface area contributed by atoms with Crippen molar-refractivity contribution < 1.29 is 9.59 Å². The molecule has 2 aromatic rings. The van der Waals surface area contributed by atoms with Gasteiger partial charge >= 0.3 is 6.03 Å². The van der Waals surface area contributed by atoms with Crippen molar-refractivity contribution in [3.63, 3.8) is 0 Å². The van der Waals surface area contributed by atoms with Gasteiger partial charge in [-0.15, -0.1) is 0 Å². The van der Waals surface area contributed by atoms with Crippen molar-refractivity contribution in [1.29, 1.82) is 0 Å². The highest BCUT2D eigenvalue weighted by Crippen LogP contribution is 2.26. The van der Waals surface area contributed by atoms with E-state index in [0.29, 0.717) is 59.8 Å². The first-order valence-corrected chi connectivity index (χ1v) is 10.6. The van der Waals surface area contributed by atoms with Gasteiger partial charge in [0.1, 0.15) is 0 Å². The number of anilines is 1. The summed E-state index contributed by atoms with van der Waals surface area (Å²) in [5, 5.41) is 4.41. The minimum Gasteiger partial charge on any atom is -0.341 e. The number of nitrogens with one attached hydrogen (secondary N) is 1. The van der Waals surface area contributed by atoms with Crippen LogP contribution >= 0.6 is 34.8 Å². The first-order chi connectivity index (χ1) is 13.9. The molecule has 2 aromatic carbocycles. The SMILES string of the molecule is O=C(CCc1cccc(Cl)c1Cl)N1CCCN(C(=O)Nc2cccc(Cl)c2)CC1. The quantitative estimate of drug-likeness (QED) is 0.677. The largest absolute Gasteiger partial charge is 0.341 e. The lowest BCUT2D eigenvalue weighted by Crippen LogP contribution is -2.39. The van der Waals surface area contributed by atoms with Crippen LogP contribution in [0.5, 0.6) is 0 Å². The van der Waals surface area contributed by atoms with Gasteiger partial charge < -0.3 is 15.1 Å². The molecule has 0 radical (unpaired) electrons. The predicted molar refractivity (Wildman–Crippen MR) is 118 cm³/mol. The molecule has 3 amide bonds. The molecule has 1 heterocycles. The van der Waals surface area contributed by atoms with Crippen LogP contribution < -0.4 is 5.32 Å². The van der Waals surface area contributed by atoms with Crippen molar-refractivity contribution in [3.8, 4) is 0 Å². The van der Waals surface area contributed by atoms with E-state index in [-0.39, 0.29) is 11.9 Å². The zero-order chi connectivity index (χ0) is 20.8. The van der Waals surface area contributed by atoms with Crippen LogP contribution in [0.4, 0.5) is 10.5 Å². The minimum atomic E-state index is -0.188. The number of halogens is 3. The van der Waals surface area contributed by atoms with Gasteiger partial charge in [0.15, 0.2) is 0 Å². The average Bonchev–Trinajstić information content (AvgIpc) is 2.95. The summed E-state index contributed by atoms with van der Waals surface area (Å²) in [6, 6.07) is 12.3. The molecule has 0 saturated carbocycles. The van der Waals surface area contributed by atoms with Gasteiger partial charge in [0, 0.05) is 43.3 Å². The fourth-order valence-electron chi connectivity index (χ4n) is 3.28. The second kappa shape index (κ2) is 10.2. The van der Waals surface area contributed by atoms with Crippen LogP contribution in [0, 0.1) is 0 Å². The van der Waals surface area contributed by atoms with Crippen molar-refractivity contribution in [3.05, 3.63) is 63.1 Å². The second-order valence-corrected chi connectivity index (χ2v) is 8.10. The maximum absolute atomic E-state index is 12.6. The van der Waals surface area contributed by atoms with Crippen LogP contribution in [0.1, 0.15) is 18.4 Å². The smallest absolute Gasteiger partial charge is 0.321 e. The van der Waals surface area contributed by atoms with Crippen LogP contribution in [-0.4, -0.2) is 47.9 Å². The summed E-state index contributed by atoms with van der Waals surface area (Å²) >= 11 is 18.2. The van der Waals surface area contributed by atoms with Crippen LogP contribution in [0.25, 0.3) is 0 Å². The topological polar surface area (TPSA) is 52.7 Å². The Morgan fingerprint density at radius 1 is 0.931 bits per heavy atom. The van der Waals surface area contributed by atoms with Gasteiger partial charge in [0.05, 0.1) is 10.0 Å². The van der Waals surface area contributed by atoms with Crippen molar-refractivity contribution in [2.24, 2.45) is 0 Å². The van der Waals surface area contributed by atoms with Crippen molar-refractivity contribution in [2.75, 3.05) is 31.5 Å². The van der Waals surface area contributed by atoms with E-state index in [4.69, 9.17) is 34.8 Å². The summed E-state index contributed by atoms with van der Waals surface area (Å²) in [6.45, 7) is 2.21. The molecule has 3 rings (SSSR count). The Morgan fingerprint density at radius 3 is 2.45 bits per heavy atom. The summed E-state index contributed by atoms with van der Waals surface area (Å²) in [6.07, 6.45) is 1.62. The molecule has 1 N–H and O–H groups in total. The van der Waals surface area contributed by atoms with Crippen LogP contribution in [0.15, 0.2) is 42.5 Å². The molecular formula is C21H22Cl3N3O2. The minimum absolute atomic E-state index is 0.0538. The number of hydrogen-bond donors (Lipinski definition) is 1. The Labute approximate surface area is 185 Å². The number of benzene rings is 2. The summed E-state index contributed by atoms with van der Waals surface area (Å²) < 4.78 is 0. The Balaban J connectivity index is 1.51. The predicted octanol–water partition coefficient (Wildman–Crippen LogP) is 5.35. The fraction of sp³-hybridized carbons (Fsp3) is 0.333. The molecule has 29 heavy (non-hydrogen) atoms. The average molecular weight is 455 g/mol. The fourth-order valence-corrected chi connectivity index (χ4v) is 3.88. The molecule has 0 aromatic heterocycles. The zero-order valence-electron chi connectivity index (χ0n) is 15.8. The Morgan fingerprint density at radius 2 is 1.66 bits per heavy atom. The molecule has 0 unspecified atom stereocenters. The Bertz CT molecular complexity index is 891. The third kappa shape index (κ3) is 6.01. The van der Waals surface area contributed by atoms with E-state index in [1.54, 1.807) is 35.2 Å². The summed E-state index contributed by atoms with van der Waals surface area (Å²) in [5.41, 5.74) is 1.52. The van der Waals surface area contributed by atoms with E-state index in [0.717, 1.165) is 12.0 Å². The maximum atomic E-state index is 12.6. The summed E-state index contributed by atoms with van der Waals surface area (Å²) in [4.78, 5) is 28.7. The molecule has 0 spiro atoms. The molecule has 0 atom stereocenters. The highest BCUT2D eigenvalue weighted by molar-refractivity contribution is 6.42. The third-order valence-corrected chi connectivity index (χ3v) is 5.94. The number of hydrogen-bond acceptors (Lipinski definition) is 2. The number of carbonyl (C=O) groups is 2. The Kier molecular flexibility index (Phi) is 7.64. The first-order valence-electron chi connectivity index (χ1n) is 9.46.